The quantitative estimate of drug-likeness (QED) is 0.746. The molecule has 0 atom stereocenters. The van der Waals surface area contributed by atoms with Gasteiger partial charge in [0.05, 0.1) is 7.11 Å². The van der Waals surface area contributed by atoms with Crippen LogP contribution in [0.3, 0.4) is 0 Å². The zero-order chi connectivity index (χ0) is 10.6. The summed E-state index contributed by atoms with van der Waals surface area (Å²) < 4.78 is 5.09. The summed E-state index contributed by atoms with van der Waals surface area (Å²) >= 11 is 0. The Morgan fingerprint density at radius 3 is 2.71 bits per heavy atom. The zero-order valence-electron chi connectivity index (χ0n) is 8.15. The van der Waals surface area contributed by atoms with E-state index in [0.29, 0.717) is 0 Å². The van der Waals surface area contributed by atoms with Crippen LogP contribution in [0.15, 0.2) is 24.3 Å². The number of carbonyl (C=O) groups is 1. The smallest absolute Gasteiger partial charge is 0.328 e. The molecule has 0 saturated carbocycles. The van der Waals surface area contributed by atoms with Crippen LogP contribution < -0.4 is 4.74 Å². The normalized spacial score (nSPS) is 10.4. The van der Waals surface area contributed by atoms with Crippen molar-refractivity contribution in [3.8, 4) is 5.75 Å². The van der Waals surface area contributed by atoms with Crippen molar-refractivity contribution in [3.63, 3.8) is 0 Å². The topological polar surface area (TPSA) is 46.5 Å². The maximum Gasteiger partial charge on any atom is 0.328 e. The molecule has 3 heteroatoms. The average molecular weight is 192 g/mol. The molecule has 0 amide bonds. The lowest BCUT2D eigenvalue weighted by molar-refractivity contribution is -0.131. The molecule has 1 N–H and O–H groups in total. The van der Waals surface area contributed by atoms with Crippen molar-refractivity contribution >= 4 is 12.0 Å². The van der Waals surface area contributed by atoms with Crippen LogP contribution in [0.25, 0.3) is 6.08 Å². The molecule has 74 valence electrons. The van der Waals surface area contributed by atoms with Crippen LogP contribution in [0.5, 0.6) is 5.75 Å². The van der Waals surface area contributed by atoms with Crippen LogP contribution >= 0.6 is 0 Å². The standard InChI is InChI=1S/C11H12O3/c1-8-7-9(4-6-11(12)13)3-5-10(8)14-2/h3-7H,1-2H3,(H,12,13). The van der Waals surface area contributed by atoms with Crippen LogP contribution in [0.2, 0.25) is 0 Å². The van der Waals surface area contributed by atoms with Gasteiger partial charge in [-0.25, -0.2) is 4.79 Å². The van der Waals surface area contributed by atoms with Crippen molar-refractivity contribution in [2.45, 2.75) is 6.92 Å². The minimum absolute atomic E-state index is 0.803. The number of aryl methyl sites for hydroxylation is 1. The van der Waals surface area contributed by atoms with E-state index in [1.807, 2.05) is 25.1 Å². The third-order valence-corrected chi connectivity index (χ3v) is 1.84. The van der Waals surface area contributed by atoms with Gasteiger partial charge in [0, 0.05) is 6.08 Å². The van der Waals surface area contributed by atoms with E-state index < -0.39 is 5.97 Å². The highest BCUT2D eigenvalue weighted by molar-refractivity contribution is 5.85. The van der Waals surface area contributed by atoms with Crippen molar-refractivity contribution in [3.05, 3.63) is 35.4 Å². The first-order valence-electron chi connectivity index (χ1n) is 4.19. The third kappa shape index (κ3) is 2.62. The first-order chi connectivity index (χ1) is 6.63. The molecule has 0 aliphatic rings. The second kappa shape index (κ2) is 4.46. The Bertz CT molecular complexity index is 367. The third-order valence-electron chi connectivity index (χ3n) is 1.84. The van der Waals surface area contributed by atoms with E-state index in [1.165, 1.54) is 0 Å². The Labute approximate surface area is 82.6 Å². The first kappa shape index (κ1) is 10.3. The maximum atomic E-state index is 10.3. The molecule has 0 aromatic heterocycles. The van der Waals surface area contributed by atoms with Gasteiger partial charge < -0.3 is 9.84 Å². The summed E-state index contributed by atoms with van der Waals surface area (Å²) in [7, 11) is 1.61. The Morgan fingerprint density at radius 2 is 2.21 bits per heavy atom. The molecule has 0 spiro atoms. The number of rotatable bonds is 3. The van der Waals surface area contributed by atoms with E-state index in [2.05, 4.69) is 0 Å². The van der Waals surface area contributed by atoms with Crippen molar-refractivity contribution in [2.24, 2.45) is 0 Å². The lowest BCUT2D eigenvalue weighted by Gasteiger charge is -2.04. The molecule has 0 aliphatic carbocycles. The predicted molar refractivity (Wildman–Crippen MR) is 54.4 cm³/mol. The fourth-order valence-electron chi connectivity index (χ4n) is 1.17. The monoisotopic (exact) mass is 192 g/mol. The van der Waals surface area contributed by atoms with Gasteiger partial charge in [-0.1, -0.05) is 6.07 Å². The fraction of sp³-hybridized carbons (Fsp3) is 0.182. The van der Waals surface area contributed by atoms with Gasteiger partial charge in [0.2, 0.25) is 0 Å². The van der Waals surface area contributed by atoms with E-state index in [-0.39, 0.29) is 0 Å². The fourth-order valence-corrected chi connectivity index (χ4v) is 1.17. The molecule has 0 radical (unpaired) electrons. The molecular weight excluding hydrogens is 180 g/mol. The van der Waals surface area contributed by atoms with Crippen LogP contribution in [0.4, 0.5) is 0 Å². The molecule has 1 aromatic carbocycles. The van der Waals surface area contributed by atoms with Gasteiger partial charge in [0.15, 0.2) is 0 Å². The van der Waals surface area contributed by atoms with E-state index in [0.717, 1.165) is 23.0 Å². The van der Waals surface area contributed by atoms with Crippen molar-refractivity contribution in [1.82, 2.24) is 0 Å². The van der Waals surface area contributed by atoms with Gasteiger partial charge in [-0.2, -0.15) is 0 Å². The summed E-state index contributed by atoms with van der Waals surface area (Å²) in [5.74, 6) is -0.143. The number of ether oxygens (including phenoxy) is 1. The minimum atomic E-state index is -0.946. The molecule has 0 saturated heterocycles. The molecule has 1 rings (SSSR count). The molecular formula is C11H12O3. The zero-order valence-corrected chi connectivity index (χ0v) is 8.15. The number of carboxylic acid groups (broad SMARTS) is 1. The lowest BCUT2D eigenvalue weighted by Crippen LogP contribution is -1.88. The minimum Gasteiger partial charge on any atom is -0.496 e. The van der Waals surface area contributed by atoms with Crippen molar-refractivity contribution in [2.75, 3.05) is 7.11 Å². The molecule has 0 bridgehead atoms. The van der Waals surface area contributed by atoms with E-state index in [4.69, 9.17) is 9.84 Å². The Hall–Kier alpha value is -1.77. The summed E-state index contributed by atoms with van der Waals surface area (Å²) in [6, 6.07) is 5.50. The summed E-state index contributed by atoms with van der Waals surface area (Å²) in [4.78, 5) is 10.3. The summed E-state index contributed by atoms with van der Waals surface area (Å²) in [6.07, 6.45) is 2.66. The molecule has 0 aliphatic heterocycles. The van der Waals surface area contributed by atoms with Crippen molar-refractivity contribution < 1.29 is 14.6 Å². The van der Waals surface area contributed by atoms with Crippen LogP contribution in [-0.2, 0) is 4.79 Å². The Morgan fingerprint density at radius 1 is 1.50 bits per heavy atom. The Balaban J connectivity index is 2.91. The Kier molecular flexibility index (Phi) is 3.29. The predicted octanol–water partition coefficient (Wildman–Crippen LogP) is 2.10. The number of methoxy groups -OCH3 is 1. The number of benzene rings is 1. The van der Waals surface area contributed by atoms with Gasteiger partial charge in [0.25, 0.3) is 0 Å². The van der Waals surface area contributed by atoms with Crippen molar-refractivity contribution in [1.29, 1.82) is 0 Å². The summed E-state index contributed by atoms with van der Waals surface area (Å²) in [5.41, 5.74) is 1.84. The van der Waals surface area contributed by atoms with Crippen LogP contribution in [0.1, 0.15) is 11.1 Å². The number of carboxylic acids is 1. The summed E-state index contributed by atoms with van der Waals surface area (Å²) in [6.45, 7) is 1.91. The lowest BCUT2D eigenvalue weighted by atomic mass is 10.1. The molecule has 1 aromatic rings. The van der Waals surface area contributed by atoms with E-state index in [1.54, 1.807) is 13.2 Å². The number of hydrogen-bond acceptors (Lipinski definition) is 2. The number of hydrogen-bond donors (Lipinski definition) is 1. The largest absolute Gasteiger partial charge is 0.496 e. The highest BCUT2D eigenvalue weighted by Gasteiger charge is 1.97. The highest BCUT2D eigenvalue weighted by atomic mass is 16.5. The highest BCUT2D eigenvalue weighted by Crippen LogP contribution is 2.18. The first-order valence-corrected chi connectivity index (χ1v) is 4.19. The maximum absolute atomic E-state index is 10.3. The van der Waals surface area contributed by atoms with Gasteiger partial charge in [-0.05, 0) is 36.3 Å². The van der Waals surface area contributed by atoms with Gasteiger partial charge in [-0.15, -0.1) is 0 Å². The van der Waals surface area contributed by atoms with Crippen LogP contribution in [-0.4, -0.2) is 18.2 Å². The average Bonchev–Trinajstić information content (AvgIpc) is 2.15. The van der Waals surface area contributed by atoms with Gasteiger partial charge in [-0.3, -0.25) is 0 Å². The molecule has 14 heavy (non-hydrogen) atoms. The van der Waals surface area contributed by atoms with E-state index >= 15 is 0 Å². The van der Waals surface area contributed by atoms with E-state index in [9.17, 15) is 4.79 Å². The number of aliphatic carboxylic acids is 1. The summed E-state index contributed by atoms with van der Waals surface area (Å²) in [5, 5.41) is 8.43. The van der Waals surface area contributed by atoms with Crippen LogP contribution in [0, 0.1) is 6.92 Å². The second-order valence-electron chi connectivity index (χ2n) is 2.90. The molecule has 0 heterocycles. The molecule has 0 fully saturated rings. The molecule has 3 nitrogen and oxygen atoms in total. The second-order valence-corrected chi connectivity index (χ2v) is 2.90. The van der Waals surface area contributed by atoms with Gasteiger partial charge >= 0.3 is 5.97 Å². The SMILES string of the molecule is COc1ccc(C=CC(=O)O)cc1C. The van der Waals surface area contributed by atoms with Gasteiger partial charge in [0.1, 0.15) is 5.75 Å². The molecule has 0 unspecified atom stereocenters.